The number of ether oxygens (including phenoxy) is 1. The van der Waals surface area contributed by atoms with E-state index in [0.29, 0.717) is 34.1 Å². The molecule has 7 heteroatoms. The molecule has 0 fully saturated rings. The minimum Gasteiger partial charge on any atom is -0.462 e. The van der Waals surface area contributed by atoms with Crippen LogP contribution in [-0.2, 0) is 11.3 Å². The van der Waals surface area contributed by atoms with Crippen LogP contribution in [-0.4, -0.2) is 23.1 Å². The van der Waals surface area contributed by atoms with Crippen LogP contribution in [0.3, 0.4) is 0 Å². The lowest BCUT2D eigenvalue weighted by Crippen LogP contribution is -2.15. The van der Waals surface area contributed by atoms with Gasteiger partial charge in [-0.15, -0.1) is 0 Å². The molecule has 1 aromatic heterocycles. The van der Waals surface area contributed by atoms with E-state index in [9.17, 15) is 9.59 Å². The number of aromatic nitrogens is 1. The summed E-state index contributed by atoms with van der Waals surface area (Å²) >= 11 is 7.22. The Morgan fingerprint density at radius 2 is 1.81 bits per heavy atom. The van der Waals surface area contributed by atoms with E-state index >= 15 is 0 Å². The quantitative estimate of drug-likeness (QED) is 0.626. The Morgan fingerprint density at radius 1 is 1.12 bits per heavy atom. The molecule has 0 saturated heterocycles. The van der Waals surface area contributed by atoms with E-state index in [-0.39, 0.29) is 11.9 Å². The van der Waals surface area contributed by atoms with Gasteiger partial charge < -0.3 is 9.30 Å². The highest BCUT2D eigenvalue weighted by Gasteiger charge is 2.12. The summed E-state index contributed by atoms with van der Waals surface area (Å²) in [5.74, 6) is -0.692. The van der Waals surface area contributed by atoms with Crippen molar-refractivity contribution in [2.45, 2.75) is 20.4 Å². The molecular weight excluding hydrogens is 372 g/mol. The van der Waals surface area contributed by atoms with Gasteiger partial charge in [0.15, 0.2) is 4.80 Å². The van der Waals surface area contributed by atoms with Crippen LogP contribution in [0.25, 0.3) is 10.2 Å². The first-order valence-corrected chi connectivity index (χ1v) is 9.38. The fourth-order valence-electron chi connectivity index (χ4n) is 2.55. The molecule has 1 amide bonds. The molecule has 0 radical (unpaired) electrons. The van der Waals surface area contributed by atoms with Crippen molar-refractivity contribution in [3.8, 4) is 0 Å². The standard InChI is InChI=1S/C19H17ClN2O3S/c1-3-22-15-10-7-13(18(24)25-4-2)11-16(15)26-19(22)21-17(23)12-5-8-14(20)9-6-12/h5-11H,3-4H2,1-2H3. The molecule has 0 spiro atoms. The van der Waals surface area contributed by atoms with E-state index in [1.165, 1.54) is 11.3 Å². The number of esters is 1. The van der Waals surface area contributed by atoms with Crippen LogP contribution >= 0.6 is 22.9 Å². The zero-order chi connectivity index (χ0) is 18.7. The average molecular weight is 389 g/mol. The minimum absolute atomic E-state index is 0.326. The highest BCUT2D eigenvalue weighted by molar-refractivity contribution is 7.16. The van der Waals surface area contributed by atoms with Gasteiger partial charge in [-0.2, -0.15) is 4.99 Å². The lowest BCUT2D eigenvalue weighted by atomic mass is 10.2. The smallest absolute Gasteiger partial charge is 0.338 e. The van der Waals surface area contributed by atoms with Crippen molar-refractivity contribution in [3.05, 3.63) is 63.4 Å². The number of benzene rings is 2. The lowest BCUT2D eigenvalue weighted by molar-refractivity contribution is 0.0526. The van der Waals surface area contributed by atoms with Gasteiger partial charge in [0, 0.05) is 17.1 Å². The molecule has 0 bridgehead atoms. The Balaban J connectivity index is 2.06. The molecule has 0 saturated carbocycles. The largest absolute Gasteiger partial charge is 0.462 e. The van der Waals surface area contributed by atoms with Gasteiger partial charge in [-0.25, -0.2) is 4.79 Å². The number of nitrogens with zero attached hydrogens (tertiary/aromatic N) is 2. The fraction of sp³-hybridized carbons (Fsp3) is 0.211. The predicted molar refractivity (Wildman–Crippen MR) is 103 cm³/mol. The van der Waals surface area contributed by atoms with Crippen molar-refractivity contribution >= 4 is 45.0 Å². The second-order valence-corrected chi connectivity index (χ2v) is 6.90. The molecule has 0 aliphatic heterocycles. The second-order valence-electron chi connectivity index (χ2n) is 5.46. The highest BCUT2D eigenvalue weighted by atomic mass is 35.5. The Labute approximate surface area is 159 Å². The van der Waals surface area contributed by atoms with E-state index in [0.717, 1.165) is 10.2 Å². The minimum atomic E-state index is -0.360. The average Bonchev–Trinajstić information content (AvgIpc) is 2.98. The summed E-state index contributed by atoms with van der Waals surface area (Å²) in [6.45, 7) is 4.74. The van der Waals surface area contributed by atoms with Crippen molar-refractivity contribution in [2.24, 2.45) is 4.99 Å². The molecule has 26 heavy (non-hydrogen) atoms. The van der Waals surface area contributed by atoms with E-state index in [1.807, 2.05) is 17.6 Å². The molecule has 1 heterocycles. The third kappa shape index (κ3) is 3.71. The van der Waals surface area contributed by atoms with E-state index in [4.69, 9.17) is 16.3 Å². The maximum atomic E-state index is 12.4. The van der Waals surface area contributed by atoms with Gasteiger partial charge in [-0.05, 0) is 56.3 Å². The number of carbonyl (C=O) groups excluding carboxylic acids is 2. The SMILES string of the molecule is CCOC(=O)c1ccc2c(c1)sc(=NC(=O)c1ccc(Cl)cc1)n2CC. The van der Waals surface area contributed by atoms with Crippen molar-refractivity contribution in [1.29, 1.82) is 0 Å². The van der Waals surface area contributed by atoms with Crippen LogP contribution in [0.2, 0.25) is 5.02 Å². The van der Waals surface area contributed by atoms with Gasteiger partial charge in [0.1, 0.15) is 0 Å². The van der Waals surface area contributed by atoms with Crippen LogP contribution < -0.4 is 4.80 Å². The molecule has 3 aromatic rings. The summed E-state index contributed by atoms with van der Waals surface area (Å²) in [7, 11) is 0. The Kier molecular flexibility index (Phi) is 5.54. The third-order valence-corrected chi connectivity index (χ3v) is 5.09. The Hall–Kier alpha value is -2.44. The van der Waals surface area contributed by atoms with Crippen LogP contribution in [0.5, 0.6) is 0 Å². The van der Waals surface area contributed by atoms with Gasteiger partial charge in [-0.1, -0.05) is 22.9 Å². The van der Waals surface area contributed by atoms with E-state index in [2.05, 4.69) is 4.99 Å². The molecule has 3 rings (SSSR count). The molecule has 0 atom stereocenters. The molecule has 0 N–H and O–H groups in total. The van der Waals surface area contributed by atoms with Crippen LogP contribution in [0, 0.1) is 0 Å². The highest BCUT2D eigenvalue weighted by Crippen LogP contribution is 2.20. The van der Waals surface area contributed by atoms with Gasteiger partial charge in [0.05, 0.1) is 22.4 Å². The first-order valence-electron chi connectivity index (χ1n) is 8.18. The summed E-state index contributed by atoms with van der Waals surface area (Å²) in [5.41, 5.74) is 1.88. The van der Waals surface area contributed by atoms with Crippen molar-refractivity contribution < 1.29 is 14.3 Å². The van der Waals surface area contributed by atoms with Gasteiger partial charge in [0.2, 0.25) is 0 Å². The summed E-state index contributed by atoms with van der Waals surface area (Å²) in [5, 5.41) is 0.568. The summed E-state index contributed by atoms with van der Waals surface area (Å²) in [6.07, 6.45) is 0. The van der Waals surface area contributed by atoms with E-state index in [1.54, 1.807) is 43.3 Å². The third-order valence-electron chi connectivity index (χ3n) is 3.80. The number of fused-ring (bicyclic) bond motifs is 1. The molecule has 0 aliphatic carbocycles. The van der Waals surface area contributed by atoms with Gasteiger partial charge >= 0.3 is 5.97 Å². The van der Waals surface area contributed by atoms with Crippen molar-refractivity contribution in [2.75, 3.05) is 6.61 Å². The zero-order valence-electron chi connectivity index (χ0n) is 14.4. The maximum absolute atomic E-state index is 12.4. The number of thiazole rings is 1. The first kappa shape index (κ1) is 18.4. The Bertz CT molecular complexity index is 1040. The van der Waals surface area contributed by atoms with E-state index < -0.39 is 0 Å². The van der Waals surface area contributed by atoms with Crippen molar-refractivity contribution in [1.82, 2.24) is 4.57 Å². The first-order chi connectivity index (χ1) is 12.5. The maximum Gasteiger partial charge on any atom is 0.338 e. The summed E-state index contributed by atoms with van der Waals surface area (Å²) in [4.78, 5) is 29.2. The second kappa shape index (κ2) is 7.85. The molecule has 2 aromatic carbocycles. The number of hydrogen-bond donors (Lipinski definition) is 0. The zero-order valence-corrected chi connectivity index (χ0v) is 15.9. The molecule has 0 aliphatic rings. The van der Waals surface area contributed by atoms with Crippen LogP contribution in [0.4, 0.5) is 0 Å². The number of carbonyl (C=O) groups is 2. The lowest BCUT2D eigenvalue weighted by Gasteiger charge is -2.03. The molecule has 5 nitrogen and oxygen atoms in total. The normalized spacial score (nSPS) is 11.7. The van der Waals surface area contributed by atoms with Gasteiger partial charge in [-0.3, -0.25) is 4.79 Å². The number of aryl methyl sites for hydroxylation is 1. The topological polar surface area (TPSA) is 60.7 Å². The number of hydrogen-bond acceptors (Lipinski definition) is 4. The monoisotopic (exact) mass is 388 g/mol. The predicted octanol–water partition coefficient (Wildman–Crippen LogP) is 4.29. The molecule has 0 unspecified atom stereocenters. The van der Waals surface area contributed by atoms with Crippen LogP contribution in [0.1, 0.15) is 34.6 Å². The number of amides is 1. The van der Waals surface area contributed by atoms with Gasteiger partial charge in [0.25, 0.3) is 5.91 Å². The van der Waals surface area contributed by atoms with Crippen molar-refractivity contribution in [3.63, 3.8) is 0 Å². The summed E-state index contributed by atoms with van der Waals surface area (Å²) in [6, 6.07) is 12.0. The molecular formula is C19H17ClN2O3S. The fourth-order valence-corrected chi connectivity index (χ4v) is 3.81. The molecule has 134 valence electrons. The number of rotatable bonds is 4. The Morgan fingerprint density at radius 3 is 2.46 bits per heavy atom. The van der Waals surface area contributed by atoms with Crippen LogP contribution in [0.15, 0.2) is 47.5 Å². The number of halogens is 1. The summed E-state index contributed by atoms with van der Waals surface area (Å²) < 4.78 is 7.87.